The van der Waals surface area contributed by atoms with E-state index in [0.29, 0.717) is 6.42 Å². The van der Waals surface area contributed by atoms with Crippen molar-refractivity contribution in [3.05, 3.63) is 12.3 Å². The second kappa shape index (κ2) is 4.16. The van der Waals surface area contributed by atoms with Gasteiger partial charge in [0.1, 0.15) is 0 Å². The van der Waals surface area contributed by atoms with Gasteiger partial charge >= 0.3 is 0 Å². The first-order valence-corrected chi connectivity index (χ1v) is 5.36. The number of rotatable bonds is 4. The molecule has 1 aliphatic carbocycles. The number of hydrogen-bond acceptors (Lipinski definition) is 2. The summed E-state index contributed by atoms with van der Waals surface area (Å²) in [6, 6.07) is 0. The SMILES string of the molecule is C=C(OC1CCCC1=O)C(C)(C)CC. The van der Waals surface area contributed by atoms with Crippen molar-refractivity contribution in [2.45, 2.75) is 52.6 Å². The topological polar surface area (TPSA) is 26.3 Å². The summed E-state index contributed by atoms with van der Waals surface area (Å²) in [5, 5.41) is 0. The van der Waals surface area contributed by atoms with E-state index in [1.54, 1.807) is 0 Å². The molecule has 0 aromatic heterocycles. The fourth-order valence-corrected chi connectivity index (χ4v) is 1.44. The molecule has 1 rings (SSSR count). The lowest BCUT2D eigenvalue weighted by atomic mass is 9.88. The Balaban J connectivity index is 2.52. The van der Waals surface area contributed by atoms with Gasteiger partial charge in [-0.1, -0.05) is 27.4 Å². The Morgan fingerprint density at radius 1 is 1.64 bits per heavy atom. The summed E-state index contributed by atoms with van der Waals surface area (Å²) in [7, 11) is 0. The maximum atomic E-state index is 11.4. The number of carbonyl (C=O) groups excluding carboxylic acids is 1. The van der Waals surface area contributed by atoms with Crippen LogP contribution in [-0.4, -0.2) is 11.9 Å². The Morgan fingerprint density at radius 2 is 2.29 bits per heavy atom. The standard InChI is InChI=1S/C12H20O2/c1-5-12(3,4)9(2)14-11-8-6-7-10(11)13/h11H,2,5-8H2,1,3-4H3. The monoisotopic (exact) mass is 196 g/mol. The largest absolute Gasteiger partial charge is 0.487 e. The van der Waals surface area contributed by atoms with Crippen LogP contribution in [0.4, 0.5) is 0 Å². The van der Waals surface area contributed by atoms with Gasteiger partial charge < -0.3 is 4.74 Å². The average Bonchev–Trinajstić information content (AvgIpc) is 2.52. The van der Waals surface area contributed by atoms with E-state index in [0.717, 1.165) is 25.0 Å². The van der Waals surface area contributed by atoms with Crippen molar-refractivity contribution in [2.24, 2.45) is 5.41 Å². The van der Waals surface area contributed by atoms with Crippen molar-refractivity contribution in [3.8, 4) is 0 Å². The third kappa shape index (κ3) is 2.37. The molecule has 1 aliphatic rings. The zero-order valence-electron chi connectivity index (χ0n) is 9.43. The quantitative estimate of drug-likeness (QED) is 0.646. The number of hydrogen-bond donors (Lipinski definition) is 0. The third-order valence-electron chi connectivity index (χ3n) is 3.17. The van der Waals surface area contributed by atoms with Crippen LogP contribution >= 0.6 is 0 Å². The van der Waals surface area contributed by atoms with Gasteiger partial charge in [-0.3, -0.25) is 4.79 Å². The number of ketones is 1. The molecule has 0 aliphatic heterocycles. The summed E-state index contributed by atoms with van der Waals surface area (Å²) in [5.41, 5.74) is -0.0249. The molecule has 0 spiro atoms. The maximum absolute atomic E-state index is 11.4. The second-order valence-corrected chi connectivity index (χ2v) is 4.63. The molecule has 1 saturated carbocycles. The molecular formula is C12H20O2. The zero-order chi connectivity index (χ0) is 10.8. The van der Waals surface area contributed by atoms with Crippen LogP contribution < -0.4 is 0 Å². The zero-order valence-corrected chi connectivity index (χ0v) is 9.43. The van der Waals surface area contributed by atoms with Gasteiger partial charge in [-0.15, -0.1) is 0 Å². The minimum absolute atomic E-state index is 0.0249. The number of allylic oxidation sites excluding steroid dienone is 1. The van der Waals surface area contributed by atoms with E-state index in [4.69, 9.17) is 4.74 Å². The van der Waals surface area contributed by atoms with Crippen LogP contribution in [0.3, 0.4) is 0 Å². The van der Waals surface area contributed by atoms with Crippen LogP contribution in [0.25, 0.3) is 0 Å². The fourth-order valence-electron chi connectivity index (χ4n) is 1.44. The highest BCUT2D eigenvalue weighted by Gasteiger charge is 2.30. The van der Waals surface area contributed by atoms with Gasteiger partial charge in [-0.05, 0) is 19.3 Å². The first-order valence-electron chi connectivity index (χ1n) is 5.36. The summed E-state index contributed by atoms with van der Waals surface area (Å²) in [4.78, 5) is 11.4. The molecule has 80 valence electrons. The fraction of sp³-hybridized carbons (Fsp3) is 0.750. The lowest BCUT2D eigenvalue weighted by molar-refractivity contribution is -0.126. The lowest BCUT2D eigenvalue weighted by Crippen LogP contribution is -2.23. The van der Waals surface area contributed by atoms with Gasteiger partial charge in [0.25, 0.3) is 0 Å². The minimum atomic E-state index is -0.215. The third-order valence-corrected chi connectivity index (χ3v) is 3.17. The molecular weight excluding hydrogens is 176 g/mol. The molecule has 2 heteroatoms. The molecule has 0 radical (unpaired) electrons. The number of Topliss-reactive ketones (excluding diaryl/α,β-unsaturated/α-hetero) is 1. The van der Waals surface area contributed by atoms with Gasteiger partial charge in [0.15, 0.2) is 11.9 Å². The smallest absolute Gasteiger partial charge is 0.173 e. The van der Waals surface area contributed by atoms with Crippen molar-refractivity contribution < 1.29 is 9.53 Å². The molecule has 0 amide bonds. The number of carbonyl (C=O) groups is 1. The summed E-state index contributed by atoms with van der Waals surface area (Å²) in [6.45, 7) is 10.2. The highest BCUT2D eigenvalue weighted by Crippen LogP contribution is 2.32. The van der Waals surface area contributed by atoms with Crippen molar-refractivity contribution >= 4 is 5.78 Å². The summed E-state index contributed by atoms with van der Waals surface area (Å²) < 4.78 is 5.64. The van der Waals surface area contributed by atoms with Crippen molar-refractivity contribution in [1.82, 2.24) is 0 Å². The first kappa shape index (κ1) is 11.3. The highest BCUT2D eigenvalue weighted by atomic mass is 16.5. The molecule has 0 bridgehead atoms. The lowest BCUT2D eigenvalue weighted by Gasteiger charge is -2.27. The van der Waals surface area contributed by atoms with Crippen LogP contribution in [-0.2, 0) is 9.53 Å². The van der Waals surface area contributed by atoms with Gasteiger partial charge in [0.2, 0.25) is 0 Å². The van der Waals surface area contributed by atoms with Gasteiger partial charge in [-0.25, -0.2) is 0 Å². The maximum Gasteiger partial charge on any atom is 0.173 e. The average molecular weight is 196 g/mol. The summed E-state index contributed by atoms with van der Waals surface area (Å²) in [6.07, 6.45) is 3.26. The van der Waals surface area contributed by atoms with Crippen LogP contribution in [0.15, 0.2) is 12.3 Å². The van der Waals surface area contributed by atoms with Crippen LogP contribution in [0.1, 0.15) is 46.5 Å². The molecule has 2 nitrogen and oxygen atoms in total. The summed E-state index contributed by atoms with van der Waals surface area (Å²) in [5.74, 6) is 0.985. The predicted octanol–water partition coefficient (Wildman–Crippen LogP) is 3.07. The van der Waals surface area contributed by atoms with E-state index in [2.05, 4.69) is 27.4 Å². The Labute approximate surface area is 86.3 Å². The van der Waals surface area contributed by atoms with E-state index in [9.17, 15) is 4.79 Å². The van der Waals surface area contributed by atoms with E-state index >= 15 is 0 Å². The van der Waals surface area contributed by atoms with Gasteiger partial charge in [0, 0.05) is 11.8 Å². The molecule has 0 N–H and O–H groups in total. The van der Waals surface area contributed by atoms with E-state index in [1.807, 2.05) is 0 Å². The summed E-state index contributed by atoms with van der Waals surface area (Å²) >= 11 is 0. The van der Waals surface area contributed by atoms with E-state index in [1.165, 1.54) is 0 Å². The Kier molecular flexibility index (Phi) is 3.35. The Hall–Kier alpha value is -0.790. The van der Waals surface area contributed by atoms with Crippen molar-refractivity contribution in [3.63, 3.8) is 0 Å². The second-order valence-electron chi connectivity index (χ2n) is 4.63. The van der Waals surface area contributed by atoms with Crippen molar-refractivity contribution in [2.75, 3.05) is 0 Å². The first-order chi connectivity index (χ1) is 6.47. The van der Waals surface area contributed by atoms with Crippen LogP contribution in [0.2, 0.25) is 0 Å². The molecule has 1 atom stereocenters. The molecule has 0 saturated heterocycles. The van der Waals surface area contributed by atoms with Crippen molar-refractivity contribution in [1.29, 1.82) is 0 Å². The van der Waals surface area contributed by atoms with E-state index < -0.39 is 0 Å². The molecule has 0 aromatic rings. The normalized spacial score (nSPS) is 22.5. The van der Waals surface area contributed by atoms with Gasteiger partial charge in [-0.2, -0.15) is 0 Å². The molecule has 1 unspecified atom stereocenters. The Bertz CT molecular complexity index is 241. The van der Waals surface area contributed by atoms with Crippen LogP contribution in [0, 0.1) is 5.41 Å². The van der Waals surface area contributed by atoms with Gasteiger partial charge in [0.05, 0.1) is 5.76 Å². The predicted molar refractivity (Wildman–Crippen MR) is 56.9 cm³/mol. The molecule has 0 heterocycles. The Morgan fingerprint density at radius 3 is 2.71 bits per heavy atom. The molecule has 1 fully saturated rings. The van der Waals surface area contributed by atoms with Crippen LogP contribution in [0.5, 0.6) is 0 Å². The number of ether oxygens (including phenoxy) is 1. The highest BCUT2D eigenvalue weighted by molar-refractivity contribution is 5.85. The molecule has 14 heavy (non-hydrogen) atoms. The minimum Gasteiger partial charge on any atom is -0.487 e. The molecule has 0 aromatic carbocycles. The van der Waals surface area contributed by atoms with E-state index in [-0.39, 0.29) is 17.3 Å².